The van der Waals surface area contributed by atoms with Crippen molar-refractivity contribution in [1.82, 2.24) is 15.0 Å². The molecule has 0 N–H and O–H groups in total. The predicted molar refractivity (Wildman–Crippen MR) is 96.2 cm³/mol. The number of pyridine rings is 1. The van der Waals surface area contributed by atoms with Crippen molar-refractivity contribution in [2.24, 2.45) is 0 Å². The van der Waals surface area contributed by atoms with Crippen LogP contribution in [0.25, 0.3) is 11.4 Å². The molecule has 0 bridgehead atoms. The van der Waals surface area contributed by atoms with Crippen LogP contribution < -0.4 is 4.90 Å². The summed E-state index contributed by atoms with van der Waals surface area (Å²) >= 11 is 0. The number of anilines is 1. The fraction of sp³-hybridized carbons (Fsp3) is 0.250. The molecule has 4 nitrogen and oxygen atoms in total. The second kappa shape index (κ2) is 6.64. The van der Waals surface area contributed by atoms with E-state index in [2.05, 4.69) is 21.0 Å². The van der Waals surface area contributed by atoms with Gasteiger partial charge in [-0.25, -0.2) is 9.97 Å². The molecule has 1 aliphatic heterocycles. The number of aromatic nitrogens is 3. The fourth-order valence-corrected chi connectivity index (χ4v) is 3.44. The minimum Gasteiger partial charge on any atom is -0.349 e. The van der Waals surface area contributed by atoms with Crippen LogP contribution >= 0.6 is 0 Å². The summed E-state index contributed by atoms with van der Waals surface area (Å²) in [5.74, 6) is 0.333. The monoisotopic (exact) mass is 370 g/mol. The molecule has 27 heavy (non-hydrogen) atoms. The molecule has 0 saturated carbocycles. The predicted octanol–water partition coefficient (Wildman–Crippen LogP) is 4.68. The van der Waals surface area contributed by atoms with Crippen LogP contribution in [0.3, 0.4) is 0 Å². The molecule has 1 aliphatic rings. The van der Waals surface area contributed by atoms with Gasteiger partial charge >= 0.3 is 6.18 Å². The van der Waals surface area contributed by atoms with Gasteiger partial charge in [0.05, 0.1) is 6.04 Å². The van der Waals surface area contributed by atoms with E-state index in [1.807, 2.05) is 30.0 Å². The first-order valence-electron chi connectivity index (χ1n) is 8.64. The van der Waals surface area contributed by atoms with E-state index >= 15 is 0 Å². The van der Waals surface area contributed by atoms with Crippen LogP contribution in [0.1, 0.15) is 29.8 Å². The van der Waals surface area contributed by atoms with Gasteiger partial charge in [-0.3, -0.25) is 4.98 Å². The molecule has 1 unspecified atom stereocenters. The normalized spacial score (nSPS) is 16.9. The fourth-order valence-electron chi connectivity index (χ4n) is 3.44. The van der Waals surface area contributed by atoms with Crippen molar-refractivity contribution in [2.45, 2.75) is 25.6 Å². The van der Waals surface area contributed by atoms with E-state index in [4.69, 9.17) is 0 Å². The molecule has 0 saturated heterocycles. The van der Waals surface area contributed by atoms with E-state index in [1.54, 1.807) is 12.1 Å². The molecule has 1 atom stereocenters. The lowest BCUT2D eigenvalue weighted by atomic mass is 9.93. The van der Waals surface area contributed by atoms with Gasteiger partial charge in [0.2, 0.25) is 0 Å². The van der Waals surface area contributed by atoms with E-state index < -0.39 is 11.9 Å². The number of fused-ring (bicyclic) bond motifs is 1. The van der Waals surface area contributed by atoms with Gasteiger partial charge in [0.15, 0.2) is 11.5 Å². The van der Waals surface area contributed by atoms with Crippen LogP contribution in [0.2, 0.25) is 0 Å². The molecule has 1 aromatic carbocycles. The van der Waals surface area contributed by atoms with Crippen molar-refractivity contribution in [3.05, 3.63) is 71.7 Å². The number of alkyl halides is 3. The van der Waals surface area contributed by atoms with Crippen LogP contribution in [0.4, 0.5) is 19.0 Å². The summed E-state index contributed by atoms with van der Waals surface area (Å²) in [6.07, 6.45) is -0.760. The summed E-state index contributed by atoms with van der Waals surface area (Å²) < 4.78 is 40.3. The van der Waals surface area contributed by atoms with Gasteiger partial charge in [0.25, 0.3) is 0 Å². The van der Waals surface area contributed by atoms with Crippen molar-refractivity contribution in [2.75, 3.05) is 11.4 Å². The minimum atomic E-state index is -4.55. The average molecular weight is 370 g/mol. The lowest BCUT2D eigenvalue weighted by molar-refractivity contribution is -0.141. The van der Waals surface area contributed by atoms with Gasteiger partial charge in [-0.1, -0.05) is 24.3 Å². The number of hydrogen-bond acceptors (Lipinski definition) is 4. The van der Waals surface area contributed by atoms with Gasteiger partial charge < -0.3 is 4.90 Å². The molecule has 3 aromatic rings. The van der Waals surface area contributed by atoms with Crippen LogP contribution in [-0.4, -0.2) is 21.5 Å². The van der Waals surface area contributed by atoms with Crippen molar-refractivity contribution in [3.8, 4) is 11.4 Å². The van der Waals surface area contributed by atoms with Gasteiger partial charge in [-0.15, -0.1) is 0 Å². The van der Waals surface area contributed by atoms with Crippen molar-refractivity contribution < 1.29 is 13.2 Å². The Morgan fingerprint density at radius 3 is 2.52 bits per heavy atom. The smallest absolute Gasteiger partial charge is 0.349 e. The second-order valence-corrected chi connectivity index (χ2v) is 6.49. The molecule has 7 heteroatoms. The van der Waals surface area contributed by atoms with Crippen molar-refractivity contribution >= 4 is 5.82 Å². The van der Waals surface area contributed by atoms with E-state index in [1.165, 1.54) is 18.0 Å². The van der Waals surface area contributed by atoms with Crippen molar-refractivity contribution in [3.63, 3.8) is 0 Å². The van der Waals surface area contributed by atoms with Gasteiger partial charge in [-0.05, 0) is 36.6 Å². The summed E-state index contributed by atoms with van der Waals surface area (Å²) in [4.78, 5) is 14.0. The highest BCUT2D eigenvalue weighted by atomic mass is 19.4. The van der Waals surface area contributed by atoms with Crippen LogP contribution in [0.5, 0.6) is 0 Å². The lowest BCUT2D eigenvalue weighted by Gasteiger charge is -2.36. The first-order valence-corrected chi connectivity index (χ1v) is 8.64. The Morgan fingerprint density at radius 2 is 1.78 bits per heavy atom. The zero-order valence-electron chi connectivity index (χ0n) is 14.6. The zero-order chi connectivity index (χ0) is 19.0. The van der Waals surface area contributed by atoms with Gasteiger partial charge in [0.1, 0.15) is 5.82 Å². The van der Waals surface area contributed by atoms with Gasteiger partial charge in [0, 0.05) is 30.6 Å². The van der Waals surface area contributed by atoms with Crippen LogP contribution in [0.15, 0.2) is 54.9 Å². The highest BCUT2D eigenvalue weighted by Crippen LogP contribution is 2.36. The molecule has 0 fully saturated rings. The quantitative estimate of drug-likeness (QED) is 0.657. The summed E-state index contributed by atoms with van der Waals surface area (Å²) in [6.45, 7) is 2.59. The Bertz CT molecular complexity index is 957. The van der Waals surface area contributed by atoms with E-state index in [0.717, 1.165) is 18.1 Å². The van der Waals surface area contributed by atoms with E-state index in [9.17, 15) is 13.2 Å². The number of hydrogen-bond donors (Lipinski definition) is 0. The van der Waals surface area contributed by atoms with Crippen molar-refractivity contribution in [1.29, 1.82) is 0 Å². The number of benzene rings is 1. The molecular formula is C20H17F3N4. The molecule has 2 aromatic heterocycles. The Kier molecular flexibility index (Phi) is 4.30. The zero-order valence-corrected chi connectivity index (χ0v) is 14.6. The summed E-state index contributed by atoms with van der Waals surface area (Å²) in [6, 6.07) is 12.2. The maximum atomic E-state index is 13.4. The minimum absolute atomic E-state index is 0.0493. The molecule has 138 valence electrons. The topological polar surface area (TPSA) is 41.9 Å². The van der Waals surface area contributed by atoms with Gasteiger partial charge in [-0.2, -0.15) is 13.2 Å². The first kappa shape index (κ1) is 17.5. The second-order valence-electron chi connectivity index (χ2n) is 6.49. The highest BCUT2D eigenvalue weighted by molar-refractivity contribution is 5.58. The Morgan fingerprint density at radius 1 is 1.04 bits per heavy atom. The highest BCUT2D eigenvalue weighted by Gasteiger charge is 2.35. The van der Waals surface area contributed by atoms with Crippen LogP contribution in [0, 0.1) is 0 Å². The Labute approximate surface area is 154 Å². The standard InChI is InChI=1S/C20H17F3N4/c1-13-16-5-3-2-4-14(16)8-11-27(13)18-12-17(20(21,22)23)25-19(26-18)15-6-9-24-10-7-15/h2-7,9-10,12-13H,8,11H2,1H3. The third-order valence-corrected chi connectivity index (χ3v) is 4.83. The summed E-state index contributed by atoms with van der Waals surface area (Å²) in [5, 5.41) is 0. The molecule has 3 heterocycles. The molecular weight excluding hydrogens is 353 g/mol. The maximum absolute atomic E-state index is 13.4. The molecule has 4 rings (SSSR count). The SMILES string of the molecule is CC1c2ccccc2CCN1c1cc(C(F)(F)F)nc(-c2ccncc2)n1. The largest absolute Gasteiger partial charge is 0.433 e. The molecule has 0 spiro atoms. The number of halogens is 3. The molecule has 0 amide bonds. The summed E-state index contributed by atoms with van der Waals surface area (Å²) in [5.41, 5.74) is 1.90. The first-order chi connectivity index (χ1) is 12.9. The molecule has 0 radical (unpaired) electrons. The third kappa shape index (κ3) is 3.37. The third-order valence-electron chi connectivity index (χ3n) is 4.83. The van der Waals surface area contributed by atoms with Crippen LogP contribution in [-0.2, 0) is 12.6 Å². The number of nitrogens with zero attached hydrogens (tertiary/aromatic N) is 4. The Hall–Kier alpha value is -2.96. The maximum Gasteiger partial charge on any atom is 0.433 e. The lowest BCUT2D eigenvalue weighted by Crippen LogP contribution is -2.35. The summed E-state index contributed by atoms with van der Waals surface area (Å²) in [7, 11) is 0. The van der Waals surface area contributed by atoms with E-state index in [0.29, 0.717) is 12.1 Å². The Balaban J connectivity index is 1.81. The van der Waals surface area contributed by atoms with E-state index in [-0.39, 0.29) is 17.7 Å². The average Bonchev–Trinajstić information content (AvgIpc) is 2.68. The number of rotatable bonds is 2. The molecule has 0 aliphatic carbocycles.